The number of aromatic nitrogens is 1. The molecule has 4 rings (SSSR count). The third-order valence-electron chi connectivity index (χ3n) is 5.07. The average molecular weight is 379 g/mol. The number of thioether (sulfide) groups is 1. The average Bonchev–Trinajstić information content (AvgIpc) is 3.09. The van der Waals surface area contributed by atoms with Crippen LogP contribution in [0.1, 0.15) is 33.7 Å². The largest absolute Gasteiger partial charge is 0.371 e. The molecule has 0 bridgehead atoms. The van der Waals surface area contributed by atoms with E-state index in [-0.39, 0.29) is 16.8 Å². The monoisotopic (exact) mass is 379 g/mol. The lowest BCUT2D eigenvalue weighted by atomic mass is 9.92. The molecule has 0 radical (unpaired) electrons. The number of hydrogen-bond acceptors (Lipinski definition) is 5. The first kappa shape index (κ1) is 18.0. The predicted octanol–water partition coefficient (Wildman–Crippen LogP) is 3.18. The zero-order valence-corrected chi connectivity index (χ0v) is 16.0. The van der Waals surface area contributed by atoms with E-state index in [4.69, 9.17) is 10.00 Å². The molecule has 1 aromatic heterocycles. The van der Waals surface area contributed by atoms with Crippen LogP contribution in [-0.2, 0) is 11.3 Å². The van der Waals surface area contributed by atoms with E-state index in [0.717, 1.165) is 36.7 Å². The van der Waals surface area contributed by atoms with Crippen LogP contribution in [0.15, 0.2) is 42.5 Å². The normalized spacial score (nSPS) is 20.3. The van der Waals surface area contributed by atoms with Crippen molar-refractivity contribution < 1.29 is 9.53 Å². The lowest BCUT2D eigenvalue weighted by molar-refractivity contribution is 0.0245. The van der Waals surface area contributed by atoms with Crippen LogP contribution in [0, 0.1) is 18.3 Å². The molecule has 6 heteroatoms. The van der Waals surface area contributed by atoms with Crippen molar-refractivity contribution in [2.24, 2.45) is 0 Å². The Morgan fingerprint density at radius 3 is 2.96 bits per heavy atom. The number of nitrogens with zero attached hydrogens (tertiary/aromatic N) is 3. The van der Waals surface area contributed by atoms with Gasteiger partial charge in [-0.05, 0) is 43.7 Å². The van der Waals surface area contributed by atoms with Crippen molar-refractivity contribution in [1.82, 2.24) is 9.88 Å². The number of benzene rings is 1. The van der Waals surface area contributed by atoms with Crippen LogP contribution in [-0.4, -0.2) is 45.5 Å². The molecule has 1 spiro atoms. The van der Waals surface area contributed by atoms with Crippen LogP contribution >= 0.6 is 11.8 Å². The Bertz CT molecular complexity index is 902. The van der Waals surface area contributed by atoms with E-state index < -0.39 is 0 Å². The van der Waals surface area contributed by atoms with Gasteiger partial charge in [-0.25, -0.2) is 0 Å². The van der Waals surface area contributed by atoms with Gasteiger partial charge >= 0.3 is 0 Å². The van der Waals surface area contributed by atoms with Crippen LogP contribution in [0.2, 0.25) is 0 Å². The Kier molecular flexibility index (Phi) is 4.90. The number of likely N-dealkylation sites (tertiary alicyclic amines) is 1. The number of carbonyl (C=O) groups excluding carboxylic acids is 1. The van der Waals surface area contributed by atoms with Crippen molar-refractivity contribution in [1.29, 1.82) is 5.26 Å². The minimum absolute atomic E-state index is 0.00616. The molecular formula is C21H21N3O2S. The maximum atomic E-state index is 12.6. The first-order valence-electron chi connectivity index (χ1n) is 9.04. The number of nitriles is 1. The van der Waals surface area contributed by atoms with Gasteiger partial charge in [0.25, 0.3) is 5.91 Å². The first-order chi connectivity index (χ1) is 13.1. The molecule has 0 saturated carbocycles. The molecule has 5 nitrogen and oxygen atoms in total. The summed E-state index contributed by atoms with van der Waals surface area (Å²) in [5.74, 6) is 0.962. The highest BCUT2D eigenvalue weighted by Gasteiger charge is 2.51. The molecule has 1 aromatic carbocycles. The number of ether oxygens (including phenoxy) is 1. The molecule has 1 amide bonds. The third kappa shape index (κ3) is 3.85. The fraction of sp³-hybridized carbons (Fsp3) is 0.381. The molecule has 138 valence electrons. The van der Waals surface area contributed by atoms with E-state index in [9.17, 15) is 4.79 Å². The second-order valence-corrected chi connectivity index (χ2v) is 8.74. The number of carbonyl (C=O) groups is 1. The summed E-state index contributed by atoms with van der Waals surface area (Å²) in [5, 5.41) is 9.00. The van der Waals surface area contributed by atoms with Crippen LogP contribution in [0.3, 0.4) is 0 Å². The van der Waals surface area contributed by atoms with Gasteiger partial charge in [0, 0.05) is 30.1 Å². The maximum Gasteiger partial charge on any atom is 0.253 e. The fourth-order valence-corrected chi connectivity index (χ4v) is 5.26. The summed E-state index contributed by atoms with van der Waals surface area (Å²) in [4.78, 5) is 19.0. The predicted molar refractivity (Wildman–Crippen MR) is 104 cm³/mol. The minimum atomic E-state index is 0.00616. The molecule has 0 aliphatic carbocycles. The Hall–Kier alpha value is -2.36. The summed E-state index contributed by atoms with van der Waals surface area (Å²) in [5.41, 5.74) is 3.07. The molecule has 2 aromatic rings. The summed E-state index contributed by atoms with van der Waals surface area (Å²) < 4.78 is 6.18. The Balaban J connectivity index is 1.30. The molecule has 2 aliphatic heterocycles. The second-order valence-electron chi connectivity index (χ2n) is 7.26. The van der Waals surface area contributed by atoms with Crippen molar-refractivity contribution >= 4 is 17.7 Å². The van der Waals surface area contributed by atoms with E-state index in [1.165, 1.54) is 0 Å². The van der Waals surface area contributed by atoms with Gasteiger partial charge in [-0.15, -0.1) is 11.8 Å². The van der Waals surface area contributed by atoms with Crippen LogP contribution < -0.4 is 0 Å². The van der Waals surface area contributed by atoms with E-state index in [1.807, 2.05) is 41.8 Å². The Labute approximate surface area is 163 Å². The highest BCUT2D eigenvalue weighted by atomic mass is 32.2. The maximum absolute atomic E-state index is 12.6. The second kappa shape index (κ2) is 7.34. The van der Waals surface area contributed by atoms with Gasteiger partial charge in [-0.3, -0.25) is 9.78 Å². The molecular weight excluding hydrogens is 358 g/mol. The topological polar surface area (TPSA) is 66.2 Å². The van der Waals surface area contributed by atoms with Crippen molar-refractivity contribution in [3.63, 3.8) is 0 Å². The van der Waals surface area contributed by atoms with Crippen molar-refractivity contribution in [3.8, 4) is 6.07 Å². The van der Waals surface area contributed by atoms with E-state index >= 15 is 0 Å². The van der Waals surface area contributed by atoms with Gasteiger partial charge in [0.1, 0.15) is 0 Å². The molecule has 27 heavy (non-hydrogen) atoms. The Morgan fingerprint density at radius 1 is 1.37 bits per heavy atom. The molecule has 2 fully saturated rings. The highest BCUT2D eigenvalue weighted by Crippen LogP contribution is 2.46. The number of pyridine rings is 1. The van der Waals surface area contributed by atoms with Gasteiger partial charge in [0.05, 0.1) is 34.8 Å². The summed E-state index contributed by atoms with van der Waals surface area (Å²) in [6, 6.07) is 15.0. The number of amides is 1. The number of aryl methyl sites for hydroxylation is 1. The first-order valence-corrected chi connectivity index (χ1v) is 10.0. The molecule has 1 unspecified atom stereocenters. The summed E-state index contributed by atoms with van der Waals surface area (Å²) >= 11 is 1.91. The van der Waals surface area contributed by atoms with Gasteiger partial charge in [0.2, 0.25) is 0 Å². The van der Waals surface area contributed by atoms with E-state index in [2.05, 4.69) is 11.1 Å². The summed E-state index contributed by atoms with van der Waals surface area (Å²) in [6.07, 6.45) is 1.17. The number of rotatable bonds is 4. The molecule has 1 atom stereocenters. The van der Waals surface area contributed by atoms with E-state index in [0.29, 0.717) is 17.7 Å². The number of hydrogen-bond donors (Lipinski definition) is 0. The van der Waals surface area contributed by atoms with Crippen LogP contribution in [0.25, 0.3) is 0 Å². The van der Waals surface area contributed by atoms with Gasteiger partial charge in [-0.2, -0.15) is 5.26 Å². The van der Waals surface area contributed by atoms with Gasteiger partial charge in [-0.1, -0.05) is 12.1 Å². The molecule has 2 aliphatic rings. The lowest BCUT2D eigenvalue weighted by Crippen LogP contribution is -2.60. The van der Waals surface area contributed by atoms with Gasteiger partial charge < -0.3 is 9.64 Å². The van der Waals surface area contributed by atoms with Crippen molar-refractivity contribution in [2.45, 2.75) is 30.8 Å². The van der Waals surface area contributed by atoms with Crippen molar-refractivity contribution in [3.05, 3.63) is 65.0 Å². The van der Waals surface area contributed by atoms with Gasteiger partial charge in [0.15, 0.2) is 0 Å². The minimum Gasteiger partial charge on any atom is -0.371 e. The third-order valence-corrected chi connectivity index (χ3v) is 6.65. The fourth-order valence-electron chi connectivity index (χ4n) is 3.71. The lowest BCUT2D eigenvalue weighted by Gasteiger charge is -2.47. The summed E-state index contributed by atoms with van der Waals surface area (Å²) in [6.45, 7) is 4.01. The van der Waals surface area contributed by atoms with Crippen LogP contribution in [0.4, 0.5) is 0 Å². The smallest absolute Gasteiger partial charge is 0.253 e. The molecule has 0 N–H and O–H groups in total. The SMILES string of the molecule is Cc1cccc(COC2CSC3(C2)CN(C(=O)c2cccc(C#N)c2)C3)n1. The van der Waals surface area contributed by atoms with Crippen molar-refractivity contribution in [2.75, 3.05) is 18.8 Å². The Morgan fingerprint density at radius 2 is 2.19 bits per heavy atom. The molecule has 3 heterocycles. The standard InChI is InChI=1S/C21H21N3O2S/c1-15-4-2-7-18(23-15)11-26-19-9-21(27-12-19)13-24(14-21)20(25)17-6-3-5-16(8-17)10-22/h2-8,19H,9,11-14H2,1H3. The highest BCUT2D eigenvalue weighted by molar-refractivity contribution is 8.01. The zero-order chi connectivity index (χ0) is 18.9. The van der Waals surface area contributed by atoms with Crippen LogP contribution in [0.5, 0.6) is 0 Å². The molecule has 2 saturated heterocycles. The van der Waals surface area contributed by atoms with E-state index in [1.54, 1.807) is 24.3 Å². The quantitative estimate of drug-likeness (QED) is 0.816. The summed E-state index contributed by atoms with van der Waals surface area (Å²) in [7, 11) is 0. The zero-order valence-electron chi connectivity index (χ0n) is 15.2.